The molecule has 0 aliphatic heterocycles. The number of halogens is 1. The van der Waals surface area contributed by atoms with Crippen molar-refractivity contribution in [2.75, 3.05) is 11.9 Å². The second-order valence-corrected chi connectivity index (χ2v) is 5.29. The molecule has 1 aliphatic carbocycles. The molecule has 0 radical (unpaired) electrons. The van der Waals surface area contributed by atoms with Crippen molar-refractivity contribution in [3.63, 3.8) is 0 Å². The smallest absolute Gasteiger partial charge is 0.356 e. The van der Waals surface area contributed by atoms with E-state index in [1.54, 1.807) is 6.07 Å². The third-order valence-corrected chi connectivity index (χ3v) is 3.74. The SMILES string of the molecule is O=C(O)c1nc(NCC2CCC(O)CC2)ccc1Cl. The number of nitrogens with zero attached hydrogens (tertiary/aromatic N) is 1. The highest BCUT2D eigenvalue weighted by Crippen LogP contribution is 2.24. The average molecular weight is 285 g/mol. The topological polar surface area (TPSA) is 82.5 Å². The number of anilines is 1. The van der Waals surface area contributed by atoms with Crippen molar-refractivity contribution < 1.29 is 15.0 Å². The molecule has 1 fully saturated rings. The van der Waals surface area contributed by atoms with Gasteiger partial charge in [-0.05, 0) is 43.7 Å². The van der Waals surface area contributed by atoms with E-state index in [2.05, 4.69) is 10.3 Å². The van der Waals surface area contributed by atoms with E-state index in [1.807, 2.05) is 0 Å². The van der Waals surface area contributed by atoms with Crippen LogP contribution in [0.15, 0.2) is 12.1 Å². The lowest BCUT2D eigenvalue weighted by molar-refractivity contribution is 0.0690. The fraction of sp³-hybridized carbons (Fsp3) is 0.538. The Labute approximate surface area is 116 Å². The van der Waals surface area contributed by atoms with Crippen LogP contribution < -0.4 is 5.32 Å². The number of aliphatic hydroxyl groups excluding tert-OH is 1. The van der Waals surface area contributed by atoms with E-state index in [4.69, 9.17) is 16.7 Å². The molecule has 3 N–H and O–H groups in total. The quantitative estimate of drug-likeness (QED) is 0.791. The summed E-state index contributed by atoms with van der Waals surface area (Å²) in [6, 6.07) is 3.21. The van der Waals surface area contributed by atoms with Gasteiger partial charge in [-0.1, -0.05) is 11.6 Å². The summed E-state index contributed by atoms with van der Waals surface area (Å²) in [7, 11) is 0. The molecule has 0 amide bonds. The summed E-state index contributed by atoms with van der Waals surface area (Å²) in [6.45, 7) is 0.737. The fourth-order valence-electron chi connectivity index (χ4n) is 2.29. The highest BCUT2D eigenvalue weighted by atomic mass is 35.5. The summed E-state index contributed by atoms with van der Waals surface area (Å²) in [4.78, 5) is 14.9. The third kappa shape index (κ3) is 3.81. The van der Waals surface area contributed by atoms with Gasteiger partial charge in [0.2, 0.25) is 0 Å². The summed E-state index contributed by atoms with van der Waals surface area (Å²) >= 11 is 5.76. The van der Waals surface area contributed by atoms with E-state index in [0.717, 1.165) is 32.2 Å². The summed E-state index contributed by atoms with van der Waals surface area (Å²) in [5.74, 6) is -0.114. The molecule has 1 saturated carbocycles. The third-order valence-electron chi connectivity index (χ3n) is 3.44. The first-order chi connectivity index (χ1) is 9.06. The number of nitrogens with one attached hydrogen (secondary N) is 1. The molecule has 1 aromatic heterocycles. The zero-order chi connectivity index (χ0) is 13.8. The zero-order valence-corrected chi connectivity index (χ0v) is 11.2. The minimum absolute atomic E-state index is 0.134. The monoisotopic (exact) mass is 284 g/mol. The molecule has 0 spiro atoms. The largest absolute Gasteiger partial charge is 0.476 e. The molecule has 0 aromatic carbocycles. The summed E-state index contributed by atoms with van der Waals surface area (Å²) in [5, 5.41) is 21.6. The van der Waals surface area contributed by atoms with Gasteiger partial charge in [-0.2, -0.15) is 0 Å². The van der Waals surface area contributed by atoms with Gasteiger partial charge in [-0.25, -0.2) is 9.78 Å². The molecule has 0 unspecified atom stereocenters. The maximum Gasteiger partial charge on any atom is 0.356 e. The van der Waals surface area contributed by atoms with Crippen LogP contribution in [0.1, 0.15) is 36.2 Å². The predicted molar refractivity (Wildman–Crippen MR) is 72.7 cm³/mol. The van der Waals surface area contributed by atoms with Gasteiger partial charge >= 0.3 is 5.97 Å². The van der Waals surface area contributed by atoms with E-state index in [9.17, 15) is 9.90 Å². The maximum absolute atomic E-state index is 10.9. The first-order valence-corrected chi connectivity index (χ1v) is 6.76. The number of carboxylic acids is 1. The van der Waals surface area contributed by atoms with E-state index < -0.39 is 5.97 Å². The number of carboxylic acid groups (broad SMARTS) is 1. The second-order valence-electron chi connectivity index (χ2n) is 4.89. The van der Waals surface area contributed by atoms with Crippen molar-refractivity contribution in [1.82, 2.24) is 4.98 Å². The van der Waals surface area contributed by atoms with Crippen molar-refractivity contribution in [3.8, 4) is 0 Å². The van der Waals surface area contributed by atoms with Crippen molar-refractivity contribution >= 4 is 23.4 Å². The number of aliphatic hydroxyl groups is 1. The Morgan fingerprint density at radius 3 is 2.68 bits per heavy atom. The van der Waals surface area contributed by atoms with E-state index in [-0.39, 0.29) is 16.8 Å². The predicted octanol–water partition coefficient (Wildman–Crippen LogP) is 2.40. The van der Waals surface area contributed by atoms with E-state index in [0.29, 0.717) is 11.7 Å². The number of hydrogen-bond donors (Lipinski definition) is 3. The Morgan fingerprint density at radius 2 is 2.05 bits per heavy atom. The molecule has 1 aromatic rings. The first kappa shape index (κ1) is 14.1. The van der Waals surface area contributed by atoms with Crippen LogP contribution in [-0.4, -0.2) is 33.8 Å². The van der Waals surface area contributed by atoms with Crippen molar-refractivity contribution in [1.29, 1.82) is 0 Å². The molecule has 0 saturated heterocycles. The second kappa shape index (κ2) is 6.21. The van der Waals surface area contributed by atoms with Gasteiger partial charge in [-0.15, -0.1) is 0 Å². The lowest BCUT2D eigenvalue weighted by Crippen LogP contribution is -2.24. The number of carbonyl (C=O) groups is 1. The van der Waals surface area contributed by atoms with Crippen LogP contribution in [-0.2, 0) is 0 Å². The lowest BCUT2D eigenvalue weighted by atomic mass is 9.87. The molecule has 5 nitrogen and oxygen atoms in total. The summed E-state index contributed by atoms with van der Waals surface area (Å²) in [5.41, 5.74) is -0.134. The maximum atomic E-state index is 10.9. The minimum Gasteiger partial charge on any atom is -0.476 e. The van der Waals surface area contributed by atoms with Crippen LogP contribution in [0.25, 0.3) is 0 Å². The number of rotatable bonds is 4. The van der Waals surface area contributed by atoms with Gasteiger partial charge in [0.25, 0.3) is 0 Å². The van der Waals surface area contributed by atoms with Gasteiger partial charge < -0.3 is 15.5 Å². The van der Waals surface area contributed by atoms with Crippen molar-refractivity contribution in [3.05, 3.63) is 22.8 Å². The molecular formula is C13H17ClN2O3. The standard InChI is InChI=1S/C13H17ClN2O3/c14-10-5-6-11(16-12(10)13(18)19)15-7-8-1-3-9(17)4-2-8/h5-6,8-9,17H,1-4,7H2,(H,15,16)(H,18,19). The van der Waals surface area contributed by atoms with Crippen molar-refractivity contribution in [2.45, 2.75) is 31.8 Å². The molecular weight excluding hydrogens is 268 g/mol. The van der Waals surface area contributed by atoms with Crippen molar-refractivity contribution in [2.24, 2.45) is 5.92 Å². The lowest BCUT2D eigenvalue weighted by Gasteiger charge is -2.25. The van der Waals surface area contributed by atoms with Crippen LogP contribution in [0, 0.1) is 5.92 Å². The molecule has 0 atom stereocenters. The Balaban J connectivity index is 1.92. The number of pyridine rings is 1. The van der Waals surface area contributed by atoms with Gasteiger partial charge in [0, 0.05) is 6.54 Å². The van der Waals surface area contributed by atoms with Crippen LogP contribution in [0.4, 0.5) is 5.82 Å². The molecule has 6 heteroatoms. The summed E-state index contributed by atoms with van der Waals surface area (Å²) < 4.78 is 0. The van der Waals surface area contributed by atoms with E-state index in [1.165, 1.54) is 6.07 Å². The molecule has 1 aliphatic rings. The van der Waals surface area contributed by atoms with E-state index >= 15 is 0 Å². The highest BCUT2D eigenvalue weighted by molar-refractivity contribution is 6.33. The van der Waals surface area contributed by atoms with Gasteiger partial charge in [0.05, 0.1) is 11.1 Å². The number of aromatic nitrogens is 1. The average Bonchev–Trinajstić information content (AvgIpc) is 2.39. The Hall–Kier alpha value is -1.33. The summed E-state index contributed by atoms with van der Waals surface area (Å²) in [6.07, 6.45) is 3.46. The number of aromatic carboxylic acids is 1. The molecule has 104 valence electrons. The van der Waals surface area contributed by atoms with Crippen LogP contribution in [0.2, 0.25) is 5.02 Å². The Morgan fingerprint density at radius 1 is 1.37 bits per heavy atom. The van der Waals surface area contributed by atoms with Gasteiger partial charge in [0.15, 0.2) is 5.69 Å². The minimum atomic E-state index is -1.13. The van der Waals surface area contributed by atoms with Crippen LogP contribution in [0.5, 0.6) is 0 Å². The zero-order valence-electron chi connectivity index (χ0n) is 10.5. The highest BCUT2D eigenvalue weighted by Gasteiger charge is 2.19. The Bertz CT molecular complexity index is 459. The number of hydrogen-bond acceptors (Lipinski definition) is 4. The first-order valence-electron chi connectivity index (χ1n) is 6.38. The molecule has 1 heterocycles. The Kier molecular flexibility index (Phi) is 4.61. The van der Waals surface area contributed by atoms with Gasteiger partial charge in [0.1, 0.15) is 5.82 Å². The molecule has 2 rings (SSSR count). The van der Waals surface area contributed by atoms with Gasteiger partial charge in [-0.3, -0.25) is 0 Å². The molecule has 0 bridgehead atoms. The normalized spacial score (nSPS) is 23.1. The van der Waals surface area contributed by atoms with Crippen LogP contribution >= 0.6 is 11.6 Å². The fourth-order valence-corrected chi connectivity index (χ4v) is 2.47. The molecule has 19 heavy (non-hydrogen) atoms. The van der Waals surface area contributed by atoms with Crippen LogP contribution in [0.3, 0.4) is 0 Å².